The Bertz CT molecular complexity index is 871. The van der Waals surface area contributed by atoms with Crippen LogP contribution in [0.5, 0.6) is 0 Å². The standard InChI is InChI=1S/C29H38/c1-7-10-19-29(21-24(29)9-3)20-18-25-16-11-14-22(4)27-23(13-8-2)15-12-17-26(27)28(25,5)6/h8,10-13,15-19,24H,4,7,9,14,20-21H2,1-3,5-6H3/b13-8-,16-11-,19-10?,25-18+. The number of rotatable bonds is 6. The van der Waals surface area contributed by atoms with Gasteiger partial charge in [0.25, 0.3) is 0 Å². The van der Waals surface area contributed by atoms with Crippen molar-refractivity contribution in [3.05, 3.63) is 83.5 Å². The van der Waals surface area contributed by atoms with Crippen molar-refractivity contribution in [3.8, 4) is 0 Å². The van der Waals surface area contributed by atoms with Crippen LogP contribution in [0.4, 0.5) is 0 Å². The van der Waals surface area contributed by atoms with E-state index in [-0.39, 0.29) is 5.41 Å². The molecule has 1 fully saturated rings. The smallest absolute Gasteiger partial charge is 0.0149 e. The molecule has 154 valence electrons. The van der Waals surface area contributed by atoms with E-state index in [2.05, 4.69) is 102 Å². The van der Waals surface area contributed by atoms with Crippen LogP contribution >= 0.6 is 0 Å². The van der Waals surface area contributed by atoms with Crippen LogP contribution in [0.1, 0.15) is 83.4 Å². The van der Waals surface area contributed by atoms with Crippen LogP contribution in [0.3, 0.4) is 0 Å². The minimum absolute atomic E-state index is 0.0426. The van der Waals surface area contributed by atoms with Gasteiger partial charge in [-0.05, 0) is 71.8 Å². The topological polar surface area (TPSA) is 0 Å². The molecule has 2 atom stereocenters. The van der Waals surface area contributed by atoms with Gasteiger partial charge in [-0.25, -0.2) is 0 Å². The summed E-state index contributed by atoms with van der Waals surface area (Å²) in [6.45, 7) is 15.8. The third kappa shape index (κ3) is 4.27. The molecule has 0 saturated heterocycles. The maximum Gasteiger partial charge on any atom is 0.0149 e. The normalized spacial score (nSPS) is 28.5. The van der Waals surface area contributed by atoms with Gasteiger partial charge in [-0.3, -0.25) is 0 Å². The number of fused-ring (bicyclic) bond motifs is 1. The quantitative estimate of drug-likeness (QED) is 0.429. The Balaban J connectivity index is 2.02. The zero-order valence-corrected chi connectivity index (χ0v) is 19.1. The molecule has 0 bridgehead atoms. The molecule has 2 aliphatic carbocycles. The molecule has 1 saturated carbocycles. The first-order chi connectivity index (χ1) is 13.9. The molecule has 0 heteroatoms. The zero-order chi connectivity index (χ0) is 21.1. The molecule has 0 nitrogen and oxygen atoms in total. The summed E-state index contributed by atoms with van der Waals surface area (Å²) < 4.78 is 0. The monoisotopic (exact) mass is 386 g/mol. The molecule has 1 aromatic rings. The lowest BCUT2D eigenvalue weighted by Gasteiger charge is -2.33. The van der Waals surface area contributed by atoms with Gasteiger partial charge in [-0.2, -0.15) is 0 Å². The summed E-state index contributed by atoms with van der Waals surface area (Å²) in [5.41, 5.74) is 7.03. The summed E-state index contributed by atoms with van der Waals surface area (Å²) in [4.78, 5) is 0. The van der Waals surface area contributed by atoms with Crippen LogP contribution in [0.25, 0.3) is 11.6 Å². The highest BCUT2D eigenvalue weighted by atomic mass is 14.5. The fourth-order valence-electron chi connectivity index (χ4n) is 5.05. The van der Waals surface area contributed by atoms with Gasteiger partial charge < -0.3 is 0 Å². The molecular weight excluding hydrogens is 348 g/mol. The van der Waals surface area contributed by atoms with Gasteiger partial charge in [0, 0.05) is 5.41 Å². The predicted molar refractivity (Wildman–Crippen MR) is 130 cm³/mol. The molecule has 0 N–H and O–H groups in total. The number of allylic oxidation sites excluding steroid dienone is 8. The summed E-state index contributed by atoms with van der Waals surface area (Å²) >= 11 is 0. The first-order valence-electron chi connectivity index (χ1n) is 11.4. The van der Waals surface area contributed by atoms with Crippen LogP contribution in [-0.4, -0.2) is 0 Å². The van der Waals surface area contributed by atoms with E-state index in [0.717, 1.165) is 25.2 Å². The highest BCUT2D eigenvalue weighted by Gasteiger charge is 2.49. The molecule has 0 amide bonds. The fourth-order valence-corrected chi connectivity index (χ4v) is 5.05. The highest BCUT2D eigenvalue weighted by molar-refractivity contribution is 5.78. The molecule has 0 heterocycles. The van der Waals surface area contributed by atoms with Crippen molar-refractivity contribution in [1.29, 1.82) is 0 Å². The Morgan fingerprint density at radius 3 is 2.66 bits per heavy atom. The molecule has 2 unspecified atom stereocenters. The third-order valence-electron chi connectivity index (χ3n) is 7.01. The van der Waals surface area contributed by atoms with Crippen LogP contribution in [0, 0.1) is 11.3 Å². The van der Waals surface area contributed by atoms with Crippen LogP contribution < -0.4 is 0 Å². The van der Waals surface area contributed by atoms with Crippen molar-refractivity contribution in [1.82, 2.24) is 0 Å². The van der Waals surface area contributed by atoms with E-state index in [1.54, 1.807) is 0 Å². The van der Waals surface area contributed by atoms with Crippen molar-refractivity contribution in [3.63, 3.8) is 0 Å². The second-order valence-corrected chi connectivity index (χ2v) is 9.32. The van der Waals surface area contributed by atoms with Crippen molar-refractivity contribution in [2.75, 3.05) is 0 Å². The summed E-state index contributed by atoms with van der Waals surface area (Å²) in [5, 5.41) is 0. The second kappa shape index (κ2) is 8.74. The summed E-state index contributed by atoms with van der Waals surface area (Å²) in [6, 6.07) is 6.72. The third-order valence-corrected chi connectivity index (χ3v) is 7.01. The van der Waals surface area contributed by atoms with Crippen molar-refractivity contribution >= 4 is 11.6 Å². The van der Waals surface area contributed by atoms with Gasteiger partial charge >= 0.3 is 0 Å². The molecule has 1 aromatic carbocycles. The van der Waals surface area contributed by atoms with Gasteiger partial charge in [-0.15, -0.1) is 0 Å². The SMILES string of the molecule is C=C1C/C=C\C(=C/CC2(C=CCC)CC2CC)C(C)(C)c2cccc(/C=C\C)c21. The maximum atomic E-state index is 4.43. The molecule has 2 aliphatic rings. The molecule has 0 radical (unpaired) electrons. The Morgan fingerprint density at radius 2 is 2.00 bits per heavy atom. The van der Waals surface area contributed by atoms with E-state index in [0.29, 0.717) is 5.41 Å². The van der Waals surface area contributed by atoms with E-state index in [9.17, 15) is 0 Å². The number of hydrogen-bond acceptors (Lipinski definition) is 0. The highest BCUT2D eigenvalue weighted by Crippen LogP contribution is 2.59. The Labute approximate surface area is 178 Å². The van der Waals surface area contributed by atoms with E-state index in [1.165, 1.54) is 40.7 Å². The molecule has 3 rings (SSSR count). The molecule has 0 aliphatic heterocycles. The average molecular weight is 387 g/mol. The van der Waals surface area contributed by atoms with E-state index >= 15 is 0 Å². The molecule has 0 spiro atoms. The average Bonchev–Trinajstić information content (AvgIpc) is 3.41. The van der Waals surface area contributed by atoms with Crippen LogP contribution in [-0.2, 0) is 5.41 Å². The van der Waals surface area contributed by atoms with E-state index < -0.39 is 0 Å². The van der Waals surface area contributed by atoms with Gasteiger partial charge in [0.2, 0.25) is 0 Å². The minimum Gasteiger partial charge on any atom is -0.0949 e. The van der Waals surface area contributed by atoms with E-state index in [1.807, 2.05) is 0 Å². The molecular formula is C29H38. The molecule has 0 aromatic heterocycles. The zero-order valence-electron chi connectivity index (χ0n) is 19.1. The summed E-state index contributed by atoms with van der Waals surface area (Å²) in [6.07, 6.45) is 22.2. The molecule has 29 heavy (non-hydrogen) atoms. The first kappa shape index (κ1) is 21.6. The number of hydrogen-bond donors (Lipinski definition) is 0. The van der Waals surface area contributed by atoms with Gasteiger partial charge in [0.15, 0.2) is 0 Å². The Hall–Kier alpha value is -2.08. The van der Waals surface area contributed by atoms with Crippen molar-refractivity contribution in [2.24, 2.45) is 11.3 Å². The lowest BCUT2D eigenvalue weighted by Crippen LogP contribution is -2.23. The van der Waals surface area contributed by atoms with Gasteiger partial charge in [0.05, 0.1) is 0 Å². The largest absolute Gasteiger partial charge is 0.0949 e. The predicted octanol–water partition coefficient (Wildman–Crippen LogP) is 8.67. The first-order valence-corrected chi connectivity index (χ1v) is 11.4. The summed E-state index contributed by atoms with van der Waals surface area (Å²) in [5.74, 6) is 0.844. The van der Waals surface area contributed by atoms with Gasteiger partial charge in [0.1, 0.15) is 0 Å². The Kier molecular flexibility index (Phi) is 6.52. The second-order valence-electron chi connectivity index (χ2n) is 9.32. The Morgan fingerprint density at radius 1 is 1.21 bits per heavy atom. The van der Waals surface area contributed by atoms with Crippen molar-refractivity contribution < 1.29 is 0 Å². The van der Waals surface area contributed by atoms with E-state index in [4.69, 9.17) is 0 Å². The van der Waals surface area contributed by atoms with Crippen molar-refractivity contribution in [2.45, 2.75) is 72.1 Å². The lowest BCUT2D eigenvalue weighted by atomic mass is 9.71. The minimum atomic E-state index is -0.0426. The number of benzene rings is 1. The van der Waals surface area contributed by atoms with Gasteiger partial charge in [-0.1, -0.05) is 101 Å². The summed E-state index contributed by atoms with van der Waals surface area (Å²) in [7, 11) is 0. The lowest BCUT2D eigenvalue weighted by molar-refractivity contribution is 0.552. The van der Waals surface area contributed by atoms with Crippen LogP contribution in [0.15, 0.2) is 66.8 Å². The fraction of sp³-hybridized carbons (Fsp3) is 0.448. The maximum absolute atomic E-state index is 4.43. The van der Waals surface area contributed by atoms with Crippen LogP contribution in [0.2, 0.25) is 0 Å².